The third-order valence-electron chi connectivity index (χ3n) is 0.723. The molecule has 0 bridgehead atoms. The zero-order valence-corrected chi connectivity index (χ0v) is 6.43. The van der Waals surface area contributed by atoms with Crippen LogP contribution in [0.3, 0.4) is 0 Å². The van der Waals surface area contributed by atoms with Gasteiger partial charge in [-0.1, -0.05) is 24.2 Å². The summed E-state index contributed by atoms with van der Waals surface area (Å²) in [7, 11) is 0. The van der Waals surface area contributed by atoms with E-state index in [1.54, 1.807) is 6.08 Å². The molecule has 3 heteroatoms. The summed E-state index contributed by atoms with van der Waals surface area (Å²) in [5, 5.41) is 1.40. The van der Waals surface area contributed by atoms with Crippen molar-refractivity contribution >= 4 is 17.7 Å². The fourth-order valence-electron chi connectivity index (χ4n) is 0.352. The van der Waals surface area contributed by atoms with Crippen molar-refractivity contribution in [1.29, 1.82) is 0 Å². The number of rotatable bonds is 5. The van der Waals surface area contributed by atoms with Crippen LogP contribution in [0.15, 0.2) is 12.7 Å². The molecule has 0 aromatic carbocycles. The quantitative estimate of drug-likeness (QED) is 0.254. The average Bonchev–Trinajstić information content (AvgIpc) is 1.98. The first kappa shape index (κ1) is 9.15. The Kier molecular flexibility index (Phi) is 5.74. The molecule has 0 atom stereocenters. The van der Waals surface area contributed by atoms with E-state index in [1.807, 2.05) is 0 Å². The van der Waals surface area contributed by atoms with Crippen LogP contribution >= 0.6 is 12.2 Å². The van der Waals surface area contributed by atoms with Crippen molar-refractivity contribution in [3.63, 3.8) is 0 Å². The normalized spacial score (nSPS) is 7.90. The maximum atomic E-state index is 5.01. The van der Waals surface area contributed by atoms with E-state index in [-0.39, 0.29) is 0 Å². The highest BCUT2D eigenvalue weighted by molar-refractivity contribution is 7.78. The molecule has 0 radical (unpaired) electrons. The van der Waals surface area contributed by atoms with Crippen LogP contribution in [0.5, 0.6) is 0 Å². The molecule has 0 aliphatic rings. The van der Waals surface area contributed by atoms with Crippen molar-refractivity contribution in [2.75, 3.05) is 13.2 Å². The molecule has 0 amide bonds. The molecule has 0 saturated carbocycles. The Morgan fingerprint density at radius 1 is 1.80 bits per heavy atom. The van der Waals surface area contributed by atoms with Crippen LogP contribution in [0.1, 0.15) is 0 Å². The lowest BCUT2D eigenvalue weighted by Crippen LogP contribution is -2.21. The van der Waals surface area contributed by atoms with Crippen LogP contribution in [0.25, 0.3) is 0 Å². The largest absolute Gasteiger partial charge is 0.268 e. The molecule has 0 aromatic heterocycles. The summed E-state index contributed by atoms with van der Waals surface area (Å²) in [5.74, 6) is 2.40. The van der Waals surface area contributed by atoms with Gasteiger partial charge in [-0.05, 0) is 0 Å². The summed E-state index contributed by atoms with van der Waals surface area (Å²) in [4.78, 5) is 4.99. The Balaban J connectivity index is 3.51. The van der Waals surface area contributed by atoms with E-state index >= 15 is 0 Å². The molecular formula is C7H9NOS. The van der Waals surface area contributed by atoms with Crippen LogP contribution in [-0.4, -0.2) is 23.7 Å². The van der Waals surface area contributed by atoms with Crippen LogP contribution in [0, 0.1) is 12.3 Å². The maximum absolute atomic E-state index is 5.01. The van der Waals surface area contributed by atoms with Gasteiger partial charge in [-0.25, -0.2) is 5.06 Å². The average molecular weight is 155 g/mol. The molecule has 0 aliphatic carbocycles. The summed E-state index contributed by atoms with van der Waals surface area (Å²) < 4.78 is 0. The van der Waals surface area contributed by atoms with Gasteiger partial charge in [-0.3, -0.25) is 4.84 Å². The van der Waals surface area contributed by atoms with Crippen LogP contribution in [0.4, 0.5) is 0 Å². The summed E-state index contributed by atoms with van der Waals surface area (Å²) >= 11 is 4.60. The van der Waals surface area contributed by atoms with E-state index in [4.69, 9.17) is 11.3 Å². The molecule has 0 spiro atoms. The van der Waals surface area contributed by atoms with E-state index in [0.29, 0.717) is 13.2 Å². The second-order valence-electron chi connectivity index (χ2n) is 1.47. The molecule has 0 aromatic rings. The van der Waals surface area contributed by atoms with Gasteiger partial charge in [0.2, 0.25) is 0 Å². The molecule has 0 heterocycles. The Labute approximate surface area is 66.4 Å². The third kappa shape index (κ3) is 4.07. The Morgan fingerprint density at radius 3 is 2.90 bits per heavy atom. The smallest absolute Gasteiger partial charge is 0.106 e. The number of hydrogen-bond donors (Lipinski definition) is 0. The zero-order valence-electron chi connectivity index (χ0n) is 5.62. The Morgan fingerprint density at radius 2 is 2.50 bits per heavy atom. The van der Waals surface area contributed by atoms with Crippen molar-refractivity contribution in [3.05, 3.63) is 12.7 Å². The standard InChI is InChI=1S/C7H9NOS/c1-3-5-8(7-10)9-6-4-2/h1,4,7H,2,5-6H2. The van der Waals surface area contributed by atoms with E-state index in [2.05, 4.69) is 24.7 Å². The lowest BCUT2D eigenvalue weighted by Gasteiger charge is -2.13. The van der Waals surface area contributed by atoms with Crippen molar-refractivity contribution in [2.45, 2.75) is 0 Å². The number of nitrogens with zero attached hydrogens (tertiary/aromatic N) is 1. The number of terminal acetylenes is 1. The van der Waals surface area contributed by atoms with Gasteiger partial charge in [0, 0.05) is 0 Å². The first-order chi connectivity index (χ1) is 4.85. The Hall–Kier alpha value is -0.850. The van der Waals surface area contributed by atoms with E-state index in [1.165, 1.54) is 10.6 Å². The van der Waals surface area contributed by atoms with Gasteiger partial charge in [-0.2, -0.15) is 0 Å². The number of hydroxylamine groups is 2. The van der Waals surface area contributed by atoms with Crippen molar-refractivity contribution in [2.24, 2.45) is 0 Å². The van der Waals surface area contributed by atoms with Gasteiger partial charge in [0.15, 0.2) is 0 Å². The minimum atomic E-state index is 0.372. The molecule has 0 rings (SSSR count). The second kappa shape index (κ2) is 6.27. The van der Waals surface area contributed by atoms with E-state index < -0.39 is 0 Å². The fourth-order valence-corrected chi connectivity index (χ4v) is 0.487. The second-order valence-corrected chi connectivity index (χ2v) is 1.68. The van der Waals surface area contributed by atoms with E-state index in [0.717, 1.165) is 0 Å². The fraction of sp³-hybridized carbons (Fsp3) is 0.286. The SMILES string of the molecule is C#CCN(C=S)OCC=C. The predicted molar refractivity (Wildman–Crippen MR) is 45.3 cm³/mol. The molecule has 0 N–H and O–H groups in total. The van der Waals surface area contributed by atoms with Gasteiger partial charge >= 0.3 is 0 Å². The summed E-state index contributed by atoms with van der Waals surface area (Å²) in [6, 6.07) is 0. The number of thiocarbonyl (C=S) groups is 1. The highest BCUT2D eigenvalue weighted by Gasteiger charge is 1.92. The van der Waals surface area contributed by atoms with E-state index in [9.17, 15) is 0 Å². The molecule has 2 nitrogen and oxygen atoms in total. The molecule has 10 heavy (non-hydrogen) atoms. The van der Waals surface area contributed by atoms with Crippen LogP contribution in [-0.2, 0) is 4.84 Å². The predicted octanol–water partition coefficient (Wildman–Crippen LogP) is 0.996. The van der Waals surface area contributed by atoms with Crippen molar-refractivity contribution < 1.29 is 4.84 Å². The monoisotopic (exact) mass is 155 g/mol. The van der Waals surface area contributed by atoms with Crippen LogP contribution < -0.4 is 0 Å². The summed E-state index contributed by atoms with van der Waals surface area (Å²) in [6.45, 7) is 4.27. The Bertz CT molecular complexity index is 150. The highest BCUT2D eigenvalue weighted by atomic mass is 32.1. The topological polar surface area (TPSA) is 12.5 Å². The minimum absolute atomic E-state index is 0.372. The van der Waals surface area contributed by atoms with Gasteiger partial charge in [0.25, 0.3) is 0 Å². The first-order valence-corrected chi connectivity index (χ1v) is 3.21. The van der Waals surface area contributed by atoms with Gasteiger partial charge in [-0.15, -0.1) is 13.0 Å². The lowest BCUT2D eigenvalue weighted by atomic mass is 10.7. The molecule has 0 saturated heterocycles. The molecule has 0 unspecified atom stereocenters. The first-order valence-electron chi connectivity index (χ1n) is 2.74. The maximum Gasteiger partial charge on any atom is 0.106 e. The van der Waals surface area contributed by atoms with Gasteiger partial charge in [0.1, 0.15) is 6.54 Å². The number of hydrogen-bond acceptors (Lipinski definition) is 2. The van der Waals surface area contributed by atoms with Crippen molar-refractivity contribution in [3.8, 4) is 12.3 Å². The molecule has 54 valence electrons. The van der Waals surface area contributed by atoms with Gasteiger partial charge in [0.05, 0.1) is 12.1 Å². The third-order valence-corrected chi connectivity index (χ3v) is 0.958. The minimum Gasteiger partial charge on any atom is -0.268 e. The summed E-state index contributed by atoms with van der Waals surface area (Å²) in [6.07, 6.45) is 6.64. The summed E-state index contributed by atoms with van der Waals surface area (Å²) in [5.41, 5.74) is 1.36. The van der Waals surface area contributed by atoms with Gasteiger partial charge < -0.3 is 0 Å². The zero-order chi connectivity index (χ0) is 7.82. The molecule has 0 aliphatic heterocycles. The van der Waals surface area contributed by atoms with Crippen LogP contribution in [0.2, 0.25) is 0 Å². The highest BCUT2D eigenvalue weighted by Crippen LogP contribution is 1.84. The van der Waals surface area contributed by atoms with Crippen molar-refractivity contribution in [1.82, 2.24) is 5.06 Å². The molecule has 0 fully saturated rings. The lowest BCUT2D eigenvalue weighted by molar-refractivity contribution is -0.0680. The molecular weight excluding hydrogens is 146 g/mol.